The molecule has 0 bridgehead atoms. The fourth-order valence-corrected chi connectivity index (χ4v) is 3.85. The van der Waals surface area contributed by atoms with Gasteiger partial charge in [-0.2, -0.15) is 0 Å². The van der Waals surface area contributed by atoms with Crippen molar-refractivity contribution in [3.8, 4) is 0 Å². The predicted octanol–water partition coefficient (Wildman–Crippen LogP) is 4.04. The van der Waals surface area contributed by atoms with E-state index < -0.39 is 0 Å². The van der Waals surface area contributed by atoms with Gasteiger partial charge >= 0.3 is 0 Å². The summed E-state index contributed by atoms with van der Waals surface area (Å²) in [6.07, 6.45) is 0.980. The summed E-state index contributed by atoms with van der Waals surface area (Å²) in [7, 11) is 0. The number of fused-ring (bicyclic) bond motifs is 2. The molecule has 0 aliphatic heterocycles. The first kappa shape index (κ1) is 17.7. The summed E-state index contributed by atoms with van der Waals surface area (Å²) in [6, 6.07) is 13.9. The second-order valence-corrected chi connectivity index (χ2v) is 8.74. The summed E-state index contributed by atoms with van der Waals surface area (Å²) < 4.78 is 0. The van der Waals surface area contributed by atoms with Crippen molar-refractivity contribution in [1.82, 2.24) is 19.9 Å². The fraction of sp³-hybridized carbons (Fsp3) is 0.333. The van der Waals surface area contributed by atoms with Crippen LogP contribution in [0.2, 0.25) is 0 Å². The van der Waals surface area contributed by atoms with Gasteiger partial charge in [0.05, 0.1) is 0 Å². The van der Waals surface area contributed by atoms with Crippen molar-refractivity contribution in [2.75, 3.05) is 10.6 Å². The molecule has 4 N–H and O–H groups in total. The third-order valence-electron chi connectivity index (χ3n) is 5.29. The van der Waals surface area contributed by atoms with Crippen molar-refractivity contribution >= 4 is 33.4 Å². The molecule has 5 rings (SSSR count). The highest BCUT2D eigenvalue weighted by Crippen LogP contribution is 2.44. The fourth-order valence-electron chi connectivity index (χ4n) is 3.85. The smallest absolute Gasteiger partial charge is 0.160 e. The lowest BCUT2D eigenvalue weighted by atomic mass is 10.1. The lowest BCUT2D eigenvalue weighted by Crippen LogP contribution is -2.26. The maximum atomic E-state index is 10.1. The van der Waals surface area contributed by atoms with Crippen LogP contribution in [-0.2, 0) is 0 Å². The minimum atomic E-state index is -0.162. The molecular weight excluding hydrogens is 368 g/mol. The SMILES string of the molecule is CC(C)(C)Nc1nn(O)c2ccc(C3CC3Nc3nn(O)c4ccccc34)cc12. The van der Waals surface area contributed by atoms with Crippen LogP contribution in [0.4, 0.5) is 11.6 Å². The van der Waals surface area contributed by atoms with Gasteiger partial charge in [0.1, 0.15) is 11.0 Å². The molecule has 0 radical (unpaired) electrons. The van der Waals surface area contributed by atoms with E-state index >= 15 is 0 Å². The summed E-state index contributed by atoms with van der Waals surface area (Å²) in [4.78, 5) is 1.84. The third-order valence-corrected chi connectivity index (χ3v) is 5.29. The number of benzene rings is 2. The van der Waals surface area contributed by atoms with Gasteiger partial charge in [-0.3, -0.25) is 0 Å². The lowest BCUT2D eigenvalue weighted by molar-refractivity contribution is 0.162. The van der Waals surface area contributed by atoms with Crippen molar-refractivity contribution in [2.45, 2.75) is 44.7 Å². The highest BCUT2D eigenvalue weighted by Gasteiger charge is 2.39. The Morgan fingerprint density at radius 1 is 0.931 bits per heavy atom. The Bertz CT molecular complexity index is 1220. The molecule has 2 heterocycles. The first-order chi connectivity index (χ1) is 13.8. The van der Waals surface area contributed by atoms with E-state index in [4.69, 9.17) is 0 Å². The molecule has 150 valence electrons. The molecule has 8 heteroatoms. The van der Waals surface area contributed by atoms with Crippen molar-refractivity contribution in [3.05, 3.63) is 48.0 Å². The van der Waals surface area contributed by atoms with Gasteiger partial charge < -0.3 is 21.0 Å². The predicted molar refractivity (Wildman–Crippen MR) is 112 cm³/mol. The van der Waals surface area contributed by atoms with Gasteiger partial charge in [-0.15, -0.1) is 10.2 Å². The van der Waals surface area contributed by atoms with E-state index in [9.17, 15) is 10.4 Å². The molecule has 8 nitrogen and oxygen atoms in total. The van der Waals surface area contributed by atoms with E-state index in [1.807, 2.05) is 36.4 Å². The monoisotopic (exact) mass is 392 g/mol. The maximum Gasteiger partial charge on any atom is 0.160 e. The van der Waals surface area contributed by atoms with Gasteiger partial charge in [0.25, 0.3) is 0 Å². The van der Waals surface area contributed by atoms with Crippen LogP contribution in [0.15, 0.2) is 42.5 Å². The number of aromatic nitrogens is 4. The zero-order chi connectivity index (χ0) is 20.3. The van der Waals surface area contributed by atoms with Crippen LogP contribution >= 0.6 is 0 Å². The minimum absolute atomic E-state index is 0.162. The summed E-state index contributed by atoms with van der Waals surface area (Å²) in [5.74, 6) is 1.70. The molecule has 1 aliphatic carbocycles. The first-order valence-electron chi connectivity index (χ1n) is 9.74. The Labute approximate surface area is 167 Å². The average molecular weight is 392 g/mol. The second kappa shape index (κ2) is 6.04. The second-order valence-electron chi connectivity index (χ2n) is 8.74. The number of nitrogens with one attached hydrogen (secondary N) is 2. The van der Waals surface area contributed by atoms with Gasteiger partial charge in [-0.25, -0.2) is 0 Å². The molecule has 1 aliphatic rings. The molecule has 1 fully saturated rings. The number of para-hydroxylation sites is 1. The van der Waals surface area contributed by atoms with Crippen LogP contribution in [0.5, 0.6) is 0 Å². The highest BCUT2D eigenvalue weighted by molar-refractivity contribution is 5.92. The summed E-state index contributed by atoms with van der Waals surface area (Å²) >= 11 is 0. The molecule has 2 aromatic carbocycles. The Balaban J connectivity index is 1.41. The largest absolute Gasteiger partial charge is 0.411 e. The van der Waals surface area contributed by atoms with E-state index in [1.54, 1.807) is 0 Å². The molecular formula is C21H24N6O2. The van der Waals surface area contributed by atoms with E-state index in [0.29, 0.717) is 28.6 Å². The van der Waals surface area contributed by atoms with Crippen molar-refractivity contribution in [3.63, 3.8) is 0 Å². The van der Waals surface area contributed by atoms with E-state index in [1.165, 1.54) is 5.56 Å². The van der Waals surface area contributed by atoms with Crippen LogP contribution in [0.3, 0.4) is 0 Å². The van der Waals surface area contributed by atoms with E-state index in [2.05, 4.69) is 47.7 Å². The number of hydrogen-bond donors (Lipinski definition) is 4. The highest BCUT2D eigenvalue weighted by atomic mass is 16.5. The summed E-state index contributed by atoms with van der Waals surface area (Å²) in [5.41, 5.74) is 2.38. The zero-order valence-electron chi connectivity index (χ0n) is 16.6. The molecule has 1 saturated carbocycles. The molecule has 0 amide bonds. The molecule has 2 aromatic heterocycles. The zero-order valence-corrected chi connectivity index (χ0v) is 16.6. The van der Waals surface area contributed by atoms with Gasteiger partial charge in [0, 0.05) is 28.3 Å². The van der Waals surface area contributed by atoms with Gasteiger partial charge in [0.15, 0.2) is 11.6 Å². The minimum Gasteiger partial charge on any atom is -0.411 e. The average Bonchev–Trinajstić information content (AvgIpc) is 3.28. The van der Waals surface area contributed by atoms with Gasteiger partial charge in [-0.1, -0.05) is 27.9 Å². The van der Waals surface area contributed by atoms with Crippen molar-refractivity contribution < 1.29 is 10.4 Å². The lowest BCUT2D eigenvalue weighted by Gasteiger charge is -2.20. The Kier molecular flexibility index (Phi) is 3.68. The van der Waals surface area contributed by atoms with Crippen LogP contribution in [0, 0.1) is 0 Å². The molecule has 0 spiro atoms. The van der Waals surface area contributed by atoms with Crippen LogP contribution in [-0.4, -0.2) is 41.9 Å². The van der Waals surface area contributed by atoms with Crippen LogP contribution in [0.1, 0.15) is 38.7 Å². The van der Waals surface area contributed by atoms with Crippen molar-refractivity contribution in [1.29, 1.82) is 0 Å². The van der Waals surface area contributed by atoms with Crippen molar-refractivity contribution in [2.24, 2.45) is 0 Å². The third kappa shape index (κ3) is 3.10. The summed E-state index contributed by atoms with van der Waals surface area (Å²) in [6.45, 7) is 6.18. The standard InChI is InChI=1S/C21H24N6O2/c1-21(2,3)23-20-15-10-12(8-9-18(15)27(29)25-20)14-11-16(14)22-19-13-6-4-5-7-17(13)26(28)24-19/h4-10,14,16,28-29H,11H2,1-3H3,(H,22,24)(H,23,25). The Morgan fingerprint density at radius 3 is 2.38 bits per heavy atom. The number of rotatable bonds is 4. The molecule has 29 heavy (non-hydrogen) atoms. The van der Waals surface area contributed by atoms with E-state index in [0.717, 1.165) is 26.9 Å². The molecule has 4 aromatic rings. The number of anilines is 2. The van der Waals surface area contributed by atoms with Gasteiger partial charge in [-0.05, 0) is 57.0 Å². The van der Waals surface area contributed by atoms with Crippen LogP contribution in [0.25, 0.3) is 21.8 Å². The van der Waals surface area contributed by atoms with Crippen LogP contribution < -0.4 is 10.6 Å². The molecule has 0 saturated heterocycles. The topological polar surface area (TPSA) is 100 Å². The molecule has 2 atom stereocenters. The maximum absolute atomic E-state index is 10.1. The van der Waals surface area contributed by atoms with E-state index in [-0.39, 0.29) is 11.6 Å². The number of nitrogens with zero attached hydrogens (tertiary/aromatic N) is 4. The van der Waals surface area contributed by atoms with Gasteiger partial charge in [0.2, 0.25) is 0 Å². The quantitative estimate of drug-likeness (QED) is 0.391. The summed E-state index contributed by atoms with van der Waals surface area (Å²) in [5, 5.41) is 37.1. The first-order valence-corrected chi connectivity index (χ1v) is 9.74. The Hall–Kier alpha value is -3.42. The normalized spacial score (nSPS) is 19.0. The molecule has 2 unspecified atom stereocenters. The Morgan fingerprint density at radius 2 is 1.62 bits per heavy atom. The number of hydrogen-bond acceptors (Lipinski definition) is 6.